The van der Waals surface area contributed by atoms with Crippen LogP contribution in [0.4, 0.5) is 5.69 Å². The minimum Gasteiger partial charge on any atom is -0.385 e. The molecule has 0 spiro atoms. The van der Waals surface area contributed by atoms with Gasteiger partial charge in [-0.05, 0) is 37.7 Å². The molecule has 1 aliphatic rings. The van der Waals surface area contributed by atoms with Crippen molar-refractivity contribution < 1.29 is 4.79 Å². The second kappa shape index (κ2) is 7.09. The number of amides is 1. The van der Waals surface area contributed by atoms with Crippen LogP contribution in [0.15, 0.2) is 22.7 Å². The maximum atomic E-state index is 12.1. The second-order valence-electron chi connectivity index (χ2n) is 5.32. The lowest BCUT2D eigenvalue weighted by Crippen LogP contribution is -2.47. The first kappa shape index (κ1) is 15.3. The van der Waals surface area contributed by atoms with E-state index in [1.807, 2.05) is 17.0 Å². The Morgan fingerprint density at radius 1 is 1.30 bits per heavy atom. The fraction of sp³-hybridized carbons (Fsp3) is 0.533. The number of aryl methyl sites for hydroxylation is 1. The van der Waals surface area contributed by atoms with Crippen molar-refractivity contribution >= 4 is 27.5 Å². The highest BCUT2D eigenvalue weighted by Crippen LogP contribution is 2.19. The molecule has 110 valence electrons. The molecule has 1 fully saturated rings. The summed E-state index contributed by atoms with van der Waals surface area (Å²) in [7, 11) is 2.10. The summed E-state index contributed by atoms with van der Waals surface area (Å²) in [5.41, 5.74) is 2.26. The molecule has 1 heterocycles. The van der Waals surface area contributed by atoms with Gasteiger partial charge in [0, 0.05) is 49.3 Å². The van der Waals surface area contributed by atoms with Crippen molar-refractivity contribution in [2.45, 2.75) is 13.3 Å². The van der Waals surface area contributed by atoms with Crippen LogP contribution in [0.3, 0.4) is 0 Å². The Balaban J connectivity index is 1.75. The maximum Gasteiger partial charge on any atom is 0.224 e. The average Bonchev–Trinajstić information content (AvgIpc) is 2.43. The van der Waals surface area contributed by atoms with E-state index in [-0.39, 0.29) is 5.91 Å². The van der Waals surface area contributed by atoms with Gasteiger partial charge in [-0.1, -0.05) is 15.9 Å². The molecule has 0 bridgehead atoms. The third kappa shape index (κ3) is 4.21. The van der Waals surface area contributed by atoms with Crippen LogP contribution in [0.1, 0.15) is 12.0 Å². The van der Waals surface area contributed by atoms with Crippen molar-refractivity contribution in [1.82, 2.24) is 9.80 Å². The van der Waals surface area contributed by atoms with Crippen molar-refractivity contribution in [3.63, 3.8) is 0 Å². The molecule has 2 rings (SSSR count). The topological polar surface area (TPSA) is 35.6 Å². The van der Waals surface area contributed by atoms with Gasteiger partial charge in [0.1, 0.15) is 0 Å². The Bertz CT molecular complexity index is 470. The van der Waals surface area contributed by atoms with E-state index >= 15 is 0 Å². The molecular weight excluding hydrogens is 318 g/mol. The fourth-order valence-electron chi connectivity index (χ4n) is 2.28. The summed E-state index contributed by atoms with van der Waals surface area (Å²) < 4.78 is 1.11. The van der Waals surface area contributed by atoms with E-state index in [0.717, 1.165) is 36.3 Å². The number of likely N-dealkylation sites (N-methyl/N-ethyl adjacent to an activating group) is 1. The monoisotopic (exact) mass is 339 g/mol. The highest BCUT2D eigenvalue weighted by Gasteiger charge is 2.18. The lowest BCUT2D eigenvalue weighted by atomic mass is 10.2. The number of hydrogen-bond acceptors (Lipinski definition) is 3. The zero-order valence-electron chi connectivity index (χ0n) is 12.2. The van der Waals surface area contributed by atoms with Crippen molar-refractivity contribution in [2.75, 3.05) is 45.1 Å². The molecule has 1 aromatic carbocycles. The molecule has 1 N–H and O–H groups in total. The molecule has 0 aliphatic carbocycles. The molecule has 0 unspecified atom stereocenters. The van der Waals surface area contributed by atoms with Crippen LogP contribution in [0.5, 0.6) is 0 Å². The van der Waals surface area contributed by atoms with Gasteiger partial charge >= 0.3 is 0 Å². The number of benzene rings is 1. The van der Waals surface area contributed by atoms with E-state index < -0.39 is 0 Å². The minimum absolute atomic E-state index is 0.249. The van der Waals surface area contributed by atoms with Gasteiger partial charge in [-0.2, -0.15) is 0 Å². The normalized spacial score (nSPS) is 16.2. The van der Waals surface area contributed by atoms with E-state index in [1.54, 1.807) is 0 Å². The van der Waals surface area contributed by atoms with Crippen molar-refractivity contribution in [3.05, 3.63) is 28.2 Å². The first-order chi connectivity index (χ1) is 9.56. The number of nitrogens with zero attached hydrogens (tertiary/aromatic N) is 2. The van der Waals surface area contributed by atoms with E-state index in [2.05, 4.69) is 46.2 Å². The lowest BCUT2D eigenvalue weighted by molar-refractivity contribution is -0.132. The fourth-order valence-corrected chi connectivity index (χ4v) is 2.53. The van der Waals surface area contributed by atoms with Gasteiger partial charge in [0.2, 0.25) is 5.91 Å². The summed E-state index contributed by atoms with van der Waals surface area (Å²) in [5, 5.41) is 3.31. The molecule has 0 saturated carbocycles. The standard InChI is InChI=1S/C15H22BrN3O/c1-12-11-13(3-4-14(12)16)17-6-5-15(20)19-9-7-18(2)8-10-19/h3-4,11,17H,5-10H2,1-2H3. The summed E-state index contributed by atoms with van der Waals surface area (Å²) in [5.74, 6) is 0.249. The molecule has 4 nitrogen and oxygen atoms in total. The van der Waals surface area contributed by atoms with Crippen LogP contribution >= 0.6 is 15.9 Å². The van der Waals surface area contributed by atoms with Gasteiger partial charge in [0.05, 0.1) is 0 Å². The smallest absolute Gasteiger partial charge is 0.224 e. The SMILES string of the molecule is Cc1cc(NCCC(=O)N2CCN(C)CC2)ccc1Br. The third-order valence-corrected chi connectivity index (χ3v) is 4.57. The number of halogens is 1. The Morgan fingerprint density at radius 2 is 2.00 bits per heavy atom. The molecule has 0 radical (unpaired) electrons. The summed E-state index contributed by atoms with van der Waals surface area (Å²) in [6, 6.07) is 6.14. The lowest BCUT2D eigenvalue weighted by Gasteiger charge is -2.32. The molecule has 20 heavy (non-hydrogen) atoms. The number of hydrogen-bond donors (Lipinski definition) is 1. The van der Waals surface area contributed by atoms with Crippen molar-refractivity contribution in [1.29, 1.82) is 0 Å². The summed E-state index contributed by atoms with van der Waals surface area (Å²) >= 11 is 3.49. The Kier molecular flexibility index (Phi) is 5.43. The van der Waals surface area contributed by atoms with E-state index in [0.29, 0.717) is 13.0 Å². The Hall–Kier alpha value is -1.07. The predicted molar refractivity (Wildman–Crippen MR) is 86.1 cm³/mol. The molecule has 0 atom stereocenters. The van der Waals surface area contributed by atoms with E-state index in [4.69, 9.17) is 0 Å². The number of carbonyl (C=O) groups is 1. The zero-order valence-corrected chi connectivity index (χ0v) is 13.7. The van der Waals surface area contributed by atoms with Gasteiger partial charge in [0.15, 0.2) is 0 Å². The largest absolute Gasteiger partial charge is 0.385 e. The zero-order chi connectivity index (χ0) is 14.5. The second-order valence-corrected chi connectivity index (χ2v) is 6.18. The molecular formula is C15H22BrN3O. The van der Waals surface area contributed by atoms with Gasteiger partial charge in [-0.15, -0.1) is 0 Å². The van der Waals surface area contributed by atoms with E-state index in [9.17, 15) is 4.79 Å². The molecule has 1 amide bonds. The van der Waals surface area contributed by atoms with Crippen LogP contribution < -0.4 is 5.32 Å². The van der Waals surface area contributed by atoms with Gasteiger partial charge in [-0.3, -0.25) is 4.79 Å². The quantitative estimate of drug-likeness (QED) is 0.914. The predicted octanol–water partition coefficient (Wildman–Crippen LogP) is 2.33. The first-order valence-electron chi connectivity index (χ1n) is 7.02. The molecule has 5 heteroatoms. The van der Waals surface area contributed by atoms with Crippen molar-refractivity contribution in [3.8, 4) is 0 Å². The molecule has 1 aliphatic heterocycles. The number of nitrogens with one attached hydrogen (secondary N) is 1. The van der Waals surface area contributed by atoms with Gasteiger partial charge < -0.3 is 15.1 Å². The van der Waals surface area contributed by atoms with Gasteiger partial charge in [-0.25, -0.2) is 0 Å². The highest BCUT2D eigenvalue weighted by atomic mass is 79.9. The van der Waals surface area contributed by atoms with Crippen molar-refractivity contribution in [2.24, 2.45) is 0 Å². The molecule has 1 aromatic rings. The van der Waals surface area contributed by atoms with Crippen LogP contribution in [0.25, 0.3) is 0 Å². The number of rotatable bonds is 4. The first-order valence-corrected chi connectivity index (χ1v) is 7.82. The van der Waals surface area contributed by atoms with Crippen LogP contribution in [-0.2, 0) is 4.79 Å². The van der Waals surface area contributed by atoms with Gasteiger partial charge in [0.25, 0.3) is 0 Å². The Labute approximate surface area is 129 Å². The minimum atomic E-state index is 0.249. The van der Waals surface area contributed by atoms with Crippen LogP contribution in [0, 0.1) is 6.92 Å². The highest BCUT2D eigenvalue weighted by molar-refractivity contribution is 9.10. The number of anilines is 1. The van der Waals surface area contributed by atoms with Crippen LogP contribution in [0.2, 0.25) is 0 Å². The Morgan fingerprint density at radius 3 is 2.65 bits per heavy atom. The molecule has 0 aromatic heterocycles. The average molecular weight is 340 g/mol. The van der Waals surface area contributed by atoms with Crippen LogP contribution in [-0.4, -0.2) is 55.5 Å². The third-order valence-electron chi connectivity index (χ3n) is 3.68. The number of carbonyl (C=O) groups excluding carboxylic acids is 1. The van der Waals surface area contributed by atoms with E-state index in [1.165, 1.54) is 5.56 Å². The molecule has 1 saturated heterocycles. The maximum absolute atomic E-state index is 12.1. The summed E-state index contributed by atoms with van der Waals surface area (Å²) in [6.45, 7) is 6.41. The summed E-state index contributed by atoms with van der Waals surface area (Å²) in [6.07, 6.45) is 0.554. The summed E-state index contributed by atoms with van der Waals surface area (Å²) in [4.78, 5) is 16.3. The number of piperazine rings is 1.